The molecule has 3 aromatic rings. The summed E-state index contributed by atoms with van der Waals surface area (Å²) in [6.07, 6.45) is 1.56. The molecule has 2 N–H and O–H groups in total. The van der Waals surface area contributed by atoms with Gasteiger partial charge in [0, 0.05) is 20.6 Å². The van der Waals surface area contributed by atoms with Gasteiger partial charge in [-0.05, 0) is 19.1 Å². The van der Waals surface area contributed by atoms with Gasteiger partial charge in [-0.1, -0.05) is 30.0 Å². The fraction of sp³-hybridized carbons (Fsp3) is 0.250. The number of nitrogens with zero attached hydrogens (tertiary/aromatic N) is 4. The molecule has 1 atom stereocenters. The van der Waals surface area contributed by atoms with Crippen molar-refractivity contribution in [2.75, 3.05) is 5.73 Å². The summed E-state index contributed by atoms with van der Waals surface area (Å²) in [7, 11) is 2.67. The fourth-order valence-electron chi connectivity index (χ4n) is 3.03. The van der Waals surface area contributed by atoms with E-state index >= 15 is 0 Å². The van der Waals surface area contributed by atoms with Gasteiger partial charge in [-0.25, -0.2) is 9.78 Å². The van der Waals surface area contributed by atoms with Crippen molar-refractivity contribution >= 4 is 34.3 Å². The van der Waals surface area contributed by atoms with E-state index in [0.29, 0.717) is 16.1 Å². The van der Waals surface area contributed by atoms with Crippen LogP contribution in [0.4, 0.5) is 5.82 Å². The molecule has 2 aromatic heterocycles. The standard InChI is InChI=1S/C20H21N5O4S/c1-5-10-25-17(27)12-8-6-7-9-13(12)22-19(25)30-11(2)15(26)14-16(21)23(3)20(29)24(4)18(14)28/h5-9,11H,1,10,21H2,2-4H3. The van der Waals surface area contributed by atoms with Gasteiger partial charge >= 0.3 is 5.69 Å². The van der Waals surface area contributed by atoms with Crippen molar-refractivity contribution in [3.63, 3.8) is 0 Å². The Hall–Kier alpha value is -3.40. The largest absolute Gasteiger partial charge is 0.384 e. The van der Waals surface area contributed by atoms with Crippen molar-refractivity contribution in [3.8, 4) is 0 Å². The second kappa shape index (κ2) is 8.15. The van der Waals surface area contributed by atoms with Gasteiger partial charge in [-0.2, -0.15) is 0 Å². The molecule has 0 fully saturated rings. The summed E-state index contributed by atoms with van der Waals surface area (Å²) in [6, 6.07) is 6.92. The first-order valence-electron chi connectivity index (χ1n) is 9.05. The molecule has 156 valence electrons. The first kappa shape index (κ1) is 21.3. The molecule has 30 heavy (non-hydrogen) atoms. The number of hydrogen-bond acceptors (Lipinski definition) is 7. The molecule has 0 spiro atoms. The third-order valence-electron chi connectivity index (χ3n) is 4.75. The number of nitrogen functional groups attached to an aromatic ring is 1. The van der Waals surface area contributed by atoms with Crippen LogP contribution in [0.25, 0.3) is 10.9 Å². The Morgan fingerprint density at radius 2 is 1.87 bits per heavy atom. The molecule has 0 bridgehead atoms. The summed E-state index contributed by atoms with van der Waals surface area (Å²) in [5.74, 6) is -0.753. The second-order valence-electron chi connectivity index (χ2n) is 6.71. The smallest absolute Gasteiger partial charge is 0.332 e. The maximum atomic E-state index is 13.1. The second-order valence-corrected chi connectivity index (χ2v) is 8.01. The molecule has 0 aliphatic carbocycles. The number of Topliss-reactive ketones (excluding diaryl/α,β-unsaturated/α-hetero) is 1. The highest BCUT2D eigenvalue weighted by molar-refractivity contribution is 8.00. The number of para-hydroxylation sites is 1. The first-order chi connectivity index (χ1) is 14.2. The van der Waals surface area contributed by atoms with Gasteiger partial charge in [0.05, 0.1) is 16.2 Å². The minimum absolute atomic E-state index is 0.199. The maximum absolute atomic E-state index is 13.1. The molecule has 0 saturated heterocycles. The molecule has 3 rings (SSSR count). The Labute approximate surface area is 175 Å². The lowest BCUT2D eigenvalue weighted by Crippen LogP contribution is -2.42. The molecule has 10 heteroatoms. The number of anilines is 1. The minimum Gasteiger partial charge on any atom is -0.384 e. The number of fused-ring (bicyclic) bond motifs is 1. The number of rotatable bonds is 6. The highest BCUT2D eigenvalue weighted by atomic mass is 32.2. The van der Waals surface area contributed by atoms with E-state index in [1.54, 1.807) is 37.3 Å². The normalized spacial score (nSPS) is 12.1. The summed E-state index contributed by atoms with van der Waals surface area (Å²) in [5, 5.41) is -0.0138. The third kappa shape index (κ3) is 3.50. The van der Waals surface area contributed by atoms with Gasteiger partial charge in [-0.15, -0.1) is 6.58 Å². The van der Waals surface area contributed by atoms with Crippen molar-refractivity contribution in [2.24, 2.45) is 14.1 Å². The number of carbonyl (C=O) groups excluding carboxylic acids is 1. The van der Waals surface area contributed by atoms with Crippen LogP contribution in [0.5, 0.6) is 0 Å². The predicted octanol–water partition coefficient (Wildman–Crippen LogP) is 0.926. The molecule has 2 heterocycles. The number of nitrogens with two attached hydrogens (primary N) is 1. The van der Waals surface area contributed by atoms with Crippen LogP contribution >= 0.6 is 11.8 Å². The van der Waals surface area contributed by atoms with Crippen molar-refractivity contribution in [3.05, 3.63) is 73.7 Å². The van der Waals surface area contributed by atoms with Crippen LogP contribution in [0.3, 0.4) is 0 Å². The highest BCUT2D eigenvalue weighted by Crippen LogP contribution is 2.25. The zero-order valence-corrected chi connectivity index (χ0v) is 17.6. The molecule has 9 nitrogen and oxygen atoms in total. The van der Waals surface area contributed by atoms with Gasteiger partial charge in [0.1, 0.15) is 11.4 Å². The zero-order valence-electron chi connectivity index (χ0n) is 16.8. The van der Waals surface area contributed by atoms with E-state index in [1.165, 1.54) is 18.7 Å². The number of benzene rings is 1. The summed E-state index contributed by atoms with van der Waals surface area (Å²) < 4.78 is 3.31. The summed E-state index contributed by atoms with van der Waals surface area (Å²) in [5.41, 5.74) is 4.50. The van der Waals surface area contributed by atoms with Crippen LogP contribution in [0.15, 0.2) is 56.5 Å². The van der Waals surface area contributed by atoms with E-state index in [4.69, 9.17) is 5.73 Å². The van der Waals surface area contributed by atoms with E-state index < -0.39 is 22.3 Å². The molecular formula is C20H21N5O4S. The van der Waals surface area contributed by atoms with Gasteiger partial charge in [0.25, 0.3) is 11.1 Å². The van der Waals surface area contributed by atoms with E-state index in [2.05, 4.69) is 11.6 Å². The zero-order chi connectivity index (χ0) is 22.2. The maximum Gasteiger partial charge on any atom is 0.332 e. The van der Waals surface area contributed by atoms with Crippen molar-refractivity contribution < 1.29 is 4.79 Å². The summed E-state index contributed by atoms with van der Waals surface area (Å²) in [6.45, 7) is 5.48. The fourth-order valence-corrected chi connectivity index (χ4v) is 4.01. The number of ketones is 1. The Morgan fingerprint density at radius 3 is 2.53 bits per heavy atom. The molecule has 0 saturated carbocycles. The van der Waals surface area contributed by atoms with Gasteiger partial charge in [0.2, 0.25) is 0 Å². The SMILES string of the molecule is C=CCn1c(SC(C)C(=O)c2c(N)n(C)c(=O)n(C)c2=O)nc2ccccc2c1=O. The first-order valence-corrected chi connectivity index (χ1v) is 9.93. The Kier molecular flexibility index (Phi) is 5.79. The number of allylic oxidation sites excluding steroid dienone is 1. The minimum atomic E-state index is -0.790. The summed E-state index contributed by atoms with van der Waals surface area (Å²) >= 11 is 1.04. The number of hydrogen-bond donors (Lipinski definition) is 1. The van der Waals surface area contributed by atoms with E-state index in [1.807, 2.05) is 0 Å². The van der Waals surface area contributed by atoms with Crippen LogP contribution in [0, 0.1) is 0 Å². The quantitative estimate of drug-likeness (QED) is 0.269. The lowest BCUT2D eigenvalue weighted by atomic mass is 10.1. The van der Waals surface area contributed by atoms with E-state index in [-0.39, 0.29) is 23.5 Å². The van der Waals surface area contributed by atoms with Crippen molar-refractivity contribution in [1.29, 1.82) is 0 Å². The molecule has 1 unspecified atom stereocenters. The third-order valence-corrected chi connectivity index (χ3v) is 5.84. The topological polar surface area (TPSA) is 122 Å². The van der Waals surface area contributed by atoms with Crippen LogP contribution in [0.2, 0.25) is 0 Å². The average molecular weight is 427 g/mol. The number of carbonyl (C=O) groups is 1. The molecule has 0 aliphatic heterocycles. The average Bonchev–Trinajstić information content (AvgIpc) is 2.73. The van der Waals surface area contributed by atoms with Gasteiger partial charge < -0.3 is 5.73 Å². The lowest BCUT2D eigenvalue weighted by molar-refractivity contribution is 0.0992. The summed E-state index contributed by atoms with van der Waals surface area (Å²) in [4.78, 5) is 55.0. The monoisotopic (exact) mass is 427 g/mol. The molecule has 1 aromatic carbocycles. The Balaban J connectivity index is 2.09. The van der Waals surface area contributed by atoms with Crippen LogP contribution < -0.4 is 22.5 Å². The van der Waals surface area contributed by atoms with E-state index in [0.717, 1.165) is 20.9 Å². The van der Waals surface area contributed by atoms with Gasteiger partial charge in [0.15, 0.2) is 10.9 Å². The predicted molar refractivity (Wildman–Crippen MR) is 117 cm³/mol. The van der Waals surface area contributed by atoms with Crippen LogP contribution in [-0.4, -0.2) is 29.7 Å². The lowest BCUT2D eigenvalue weighted by Gasteiger charge is -2.16. The van der Waals surface area contributed by atoms with Crippen LogP contribution in [-0.2, 0) is 20.6 Å². The Bertz CT molecular complexity index is 1350. The number of aromatic nitrogens is 4. The molecule has 0 amide bonds. The van der Waals surface area contributed by atoms with Gasteiger partial charge in [-0.3, -0.25) is 28.1 Å². The molecular weight excluding hydrogens is 406 g/mol. The molecule has 0 aliphatic rings. The number of thioether (sulfide) groups is 1. The van der Waals surface area contributed by atoms with Crippen molar-refractivity contribution in [2.45, 2.75) is 23.9 Å². The van der Waals surface area contributed by atoms with Crippen LogP contribution in [0.1, 0.15) is 17.3 Å². The van der Waals surface area contributed by atoms with E-state index in [9.17, 15) is 19.2 Å². The Morgan fingerprint density at radius 1 is 1.20 bits per heavy atom. The molecule has 0 radical (unpaired) electrons. The highest BCUT2D eigenvalue weighted by Gasteiger charge is 2.27. The van der Waals surface area contributed by atoms with Crippen molar-refractivity contribution in [1.82, 2.24) is 18.7 Å².